The molecule has 0 fully saturated rings. The van der Waals surface area contributed by atoms with Crippen molar-refractivity contribution >= 4 is 18.0 Å². The summed E-state index contributed by atoms with van der Waals surface area (Å²) < 4.78 is 1.82. The van der Waals surface area contributed by atoms with Crippen LogP contribution in [0.3, 0.4) is 0 Å². The molecule has 1 N–H and O–H groups in total. The van der Waals surface area contributed by atoms with Crippen LogP contribution in [-0.2, 0) is 6.54 Å². The van der Waals surface area contributed by atoms with Gasteiger partial charge in [0, 0.05) is 12.1 Å². The highest BCUT2D eigenvalue weighted by Crippen LogP contribution is 2.26. The summed E-state index contributed by atoms with van der Waals surface area (Å²) in [5.41, 5.74) is 0.992. The minimum atomic E-state index is -0.269. The number of ketones is 1. The molecule has 0 aliphatic rings. The van der Waals surface area contributed by atoms with E-state index in [1.807, 2.05) is 30.3 Å². The van der Waals surface area contributed by atoms with E-state index in [4.69, 9.17) is 12.2 Å². The Labute approximate surface area is 129 Å². The molecule has 0 aliphatic carbocycles. The summed E-state index contributed by atoms with van der Waals surface area (Å²) in [6.45, 7) is 4.05. The standard InChI is InChI=1S/C16H18N2O2S/c1-3-4-10-18-14(12-8-6-5-7-9-12)17-15(21)13(11(2)19)16(18)20/h5-9,20H,3-4,10H2,1-2H3. The summed E-state index contributed by atoms with van der Waals surface area (Å²) in [4.78, 5) is 16.1. The number of carbonyl (C=O) groups excluding carboxylic acids is 1. The minimum absolute atomic E-state index is 0.0881. The van der Waals surface area contributed by atoms with Crippen molar-refractivity contribution in [1.82, 2.24) is 9.55 Å². The zero-order valence-corrected chi connectivity index (χ0v) is 13.0. The van der Waals surface area contributed by atoms with Crippen molar-refractivity contribution in [3.8, 4) is 17.3 Å². The second-order valence-corrected chi connectivity index (χ2v) is 5.25. The van der Waals surface area contributed by atoms with Crippen molar-refractivity contribution < 1.29 is 9.90 Å². The quantitative estimate of drug-likeness (QED) is 0.670. The lowest BCUT2D eigenvalue weighted by Crippen LogP contribution is -2.11. The first-order chi connectivity index (χ1) is 10.1. The van der Waals surface area contributed by atoms with Crippen LogP contribution in [0.15, 0.2) is 30.3 Å². The molecule has 0 spiro atoms. The van der Waals surface area contributed by atoms with Crippen molar-refractivity contribution in [2.45, 2.75) is 33.2 Å². The van der Waals surface area contributed by atoms with E-state index >= 15 is 0 Å². The van der Waals surface area contributed by atoms with E-state index in [2.05, 4.69) is 11.9 Å². The van der Waals surface area contributed by atoms with Crippen molar-refractivity contribution in [2.75, 3.05) is 0 Å². The van der Waals surface area contributed by atoms with E-state index in [0.717, 1.165) is 18.4 Å². The molecular formula is C16H18N2O2S. The largest absolute Gasteiger partial charge is 0.494 e. The lowest BCUT2D eigenvalue weighted by molar-refractivity contribution is 0.101. The molecule has 1 aromatic carbocycles. The first-order valence-electron chi connectivity index (χ1n) is 6.96. The number of Topliss-reactive ketones (excluding diaryl/α,β-unsaturated/α-hetero) is 1. The van der Waals surface area contributed by atoms with Crippen LogP contribution in [0.5, 0.6) is 5.88 Å². The Balaban J connectivity index is 2.69. The zero-order chi connectivity index (χ0) is 15.4. The lowest BCUT2D eigenvalue weighted by atomic mass is 10.1. The number of rotatable bonds is 5. The monoisotopic (exact) mass is 302 g/mol. The number of hydrogen-bond donors (Lipinski definition) is 1. The lowest BCUT2D eigenvalue weighted by Gasteiger charge is -2.16. The molecule has 1 aromatic heterocycles. The Hall–Kier alpha value is -2.01. The van der Waals surface area contributed by atoms with Crippen LogP contribution in [0, 0.1) is 4.64 Å². The maximum absolute atomic E-state index is 11.7. The fraction of sp³-hybridized carbons (Fsp3) is 0.312. The molecule has 0 bridgehead atoms. The van der Waals surface area contributed by atoms with Gasteiger partial charge in [0.05, 0.1) is 0 Å². The normalized spacial score (nSPS) is 10.6. The first kappa shape index (κ1) is 15.4. The van der Waals surface area contributed by atoms with Gasteiger partial charge in [-0.1, -0.05) is 55.9 Å². The van der Waals surface area contributed by atoms with Gasteiger partial charge in [0.2, 0.25) is 5.88 Å². The molecule has 1 heterocycles. The molecule has 21 heavy (non-hydrogen) atoms. The van der Waals surface area contributed by atoms with Gasteiger partial charge < -0.3 is 5.11 Å². The molecule has 0 unspecified atom stereocenters. The number of unbranched alkanes of at least 4 members (excludes halogenated alkanes) is 1. The van der Waals surface area contributed by atoms with Gasteiger partial charge in [-0.3, -0.25) is 9.36 Å². The molecule has 0 amide bonds. The van der Waals surface area contributed by atoms with Crippen LogP contribution in [-0.4, -0.2) is 20.4 Å². The SMILES string of the molecule is CCCCn1c(-c2ccccc2)nc(=S)c(C(C)=O)c1O. The predicted molar refractivity (Wildman–Crippen MR) is 85.1 cm³/mol. The molecule has 0 saturated heterocycles. The summed E-state index contributed by atoms with van der Waals surface area (Å²) in [6, 6.07) is 9.54. The van der Waals surface area contributed by atoms with Crippen molar-refractivity contribution in [3.63, 3.8) is 0 Å². The van der Waals surface area contributed by atoms with Gasteiger partial charge in [0.1, 0.15) is 16.0 Å². The van der Waals surface area contributed by atoms with Gasteiger partial charge in [-0.15, -0.1) is 0 Å². The third kappa shape index (κ3) is 3.19. The van der Waals surface area contributed by atoms with Crippen molar-refractivity contribution in [2.24, 2.45) is 0 Å². The topological polar surface area (TPSA) is 55.1 Å². The van der Waals surface area contributed by atoms with Crippen molar-refractivity contribution in [3.05, 3.63) is 40.5 Å². The maximum atomic E-state index is 11.7. The van der Waals surface area contributed by atoms with Gasteiger partial charge in [-0.05, 0) is 13.3 Å². The van der Waals surface area contributed by atoms with Gasteiger partial charge in [0.15, 0.2) is 5.78 Å². The molecule has 0 aliphatic heterocycles. The van der Waals surface area contributed by atoms with Gasteiger partial charge in [-0.2, -0.15) is 0 Å². The van der Waals surface area contributed by atoms with E-state index in [-0.39, 0.29) is 21.9 Å². The van der Waals surface area contributed by atoms with E-state index in [9.17, 15) is 9.90 Å². The third-order valence-corrected chi connectivity index (χ3v) is 3.57. The fourth-order valence-corrected chi connectivity index (χ4v) is 2.51. The average molecular weight is 302 g/mol. The van der Waals surface area contributed by atoms with Gasteiger partial charge in [0.25, 0.3) is 0 Å². The van der Waals surface area contributed by atoms with Crippen LogP contribution in [0.2, 0.25) is 0 Å². The van der Waals surface area contributed by atoms with Crippen molar-refractivity contribution in [1.29, 1.82) is 0 Å². The smallest absolute Gasteiger partial charge is 0.206 e. The Morgan fingerprint density at radius 3 is 2.57 bits per heavy atom. The number of benzene rings is 1. The Morgan fingerprint density at radius 1 is 1.33 bits per heavy atom. The summed E-state index contributed by atoms with van der Waals surface area (Å²) in [6.07, 6.45) is 1.86. The van der Waals surface area contributed by atoms with Gasteiger partial charge >= 0.3 is 0 Å². The van der Waals surface area contributed by atoms with E-state index in [1.165, 1.54) is 6.92 Å². The third-order valence-electron chi connectivity index (χ3n) is 3.28. The maximum Gasteiger partial charge on any atom is 0.206 e. The summed E-state index contributed by atoms with van der Waals surface area (Å²) in [5, 5.41) is 10.4. The average Bonchev–Trinajstić information content (AvgIpc) is 2.46. The summed E-state index contributed by atoms with van der Waals surface area (Å²) in [5.74, 6) is 0.237. The highest BCUT2D eigenvalue weighted by molar-refractivity contribution is 7.71. The minimum Gasteiger partial charge on any atom is -0.494 e. The summed E-state index contributed by atoms with van der Waals surface area (Å²) in [7, 11) is 0. The Bertz CT molecular complexity index is 708. The van der Waals surface area contributed by atoms with Gasteiger partial charge in [-0.25, -0.2) is 4.98 Å². The fourth-order valence-electron chi connectivity index (χ4n) is 2.19. The van der Waals surface area contributed by atoms with Crippen LogP contribution < -0.4 is 0 Å². The number of hydrogen-bond acceptors (Lipinski definition) is 4. The molecule has 0 saturated carbocycles. The highest BCUT2D eigenvalue weighted by atomic mass is 32.1. The number of nitrogens with zero attached hydrogens (tertiary/aromatic N) is 2. The van der Waals surface area contributed by atoms with Crippen LogP contribution in [0.1, 0.15) is 37.0 Å². The van der Waals surface area contributed by atoms with Crippen LogP contribution in [0.25, 0.3) is 11.4 Å². The number of aromatic nitrogens is 2. The first-order valence-corrected chi connectivity index (χ1v) is 7.37. The zero-order valence-electron chi connectivity index (χ0n) is 12.2. The number of aromatic hydroxyl groups is 1. The molecule has 2 rings (SSSR count). The Kier molecular flexibility index (Phi) is 4.85. The van der Waals surface area contributed by atoms with E-state index in [1.54, 1.807) is 4.57 Å². The molecule has 5 heteroatoms. The summed E-state index contributed by atoms with van der Waals surface area (Å²) >= 11 is 5.17. The number of carbonyl (C=O) groups is 1. The highest BCUT2D eigenvalue weighted by Gasteiger charge is 2.18. The molecule has 0 radical (unpaired) electrons. The van der Waals surface area contributed by atoms with E-state index in [0.29, 0.717) is 12.4 Å². The second-order valence-electron chi connectivity index (χ2n) is 4.87. The van der Waals surface area contributed by atoms with Crippen LogP contribution in [0.4, 0.5) is 0 Å². The second kappa shape index (κ2) is 6.63. The molecular weight excluding hydrogens is 284 g/mol. The Morgan fingerprint density at radius 2 is 2.00 bits per heavy atom. The molecule has 4 nitrogen and oxygen atoms in total. The molecule has 110 valence electrons. The predicted octanol–water partition coefficient (Wildman–Crippen LogP) is 3.99. The van der Waals surface area contributed by atoms with Crippen LogP contribution >= 0.6 is 12.2 Å². The van der Waals surface area contributed by atoms with E-state index < -0.39 is 0 Å². The molecule has 0 atom stereocenters. The molecule has 2 aromatic rings.